The normalized spacial score (nSPS) is 11.6. The third-order valence-electron chi connectivity index (χ3n) is 4.43. The maximum atomic E-state index is 13.7. The van der Waals surface area contributed by atoms with E-state index < -0.39 is 31.8 Å². The molecule has 0 aliphatic rings. The fourth-order valence-electron chi connectivity index (χ4n) is 2.86. The average molecular weight is 492 g/mol. The molecule has 0 aromatic heterocycles. The lowest BCUT2D eigenvalue weighted by molar-refractivity contribution is 0.102. The highest BCUT2D eigenvalue weighted by Gasteiger charge is 2.17. The van der Waals surface area contributed by atoms with Crippen LogP contribution in [0.15, 0.2) is 77.7 Å². The van der Waals surface area contributed by atoms with E-state index in [2.05, 4.69) is 14.8 Å². The van der Waals surface area contributed by atoms with E-state index in [1.807, 2.05) is 0 Å². The Labute approximate surface area is 192 Å². The maximum Gasteiger partial charge on any atom is 0.261 e. The molecule has 3 N–H and O–H groups in total. The number of rotatable bonds is 9. The third kappa shape index (κ3) is 6.53. The van der Waals surface area contributed by atoms with E-state index in [1.54, 1.807) is 19.1 Å². The predicted molar refractivity (Wildman–Crippen MR) is 126 cm³/mol. The maximum absolute atomic E-state index is 13.7. The summed E-state index contributed by atoms with van der Waals surface area (Å²) in [4.78, 5) is 12.3. The van der Waals surface area contributed by atoms with Gasteiger partial charge < -0.3 is 5.32 Å². The number of carbonyl (C=O) groups is 1. The summed E-state index contributed by atoms with van der Waals surface area (Å²) in [5.41, 5.74) is 0.821. The summed E-state index contributed by atoms with van der Waals surface area (Å²) in [5.74, 6) is -1.19. The zero-order valence-corrected chi connectivity index (χ0v) is 19.2. The van der Waals surface area contributed by atoms with Gasteiger partial charge in [0.25, 0.3) is 15.9 Å². The van der Waals surface area contributed by atoms with Crippen LogP contribution in [0.4, 0.5) is 21.5 Å². The van der Waals surface area contributed by atoms with Crippen molar-refractivity contribution in [2.75, 3.05) is 20.5 Å². The largest absolute Gasteiger partial charge is 0.322 e. The molecule has 0 saturated carbocycles. The van der Waals surface area contributed by atoms with Gasteiger partial charge in [-0.1, -0.05) is 19.1 Å². The van der Waals surface area contributed by atoms with E-state index >= 15 is 0 Å². The zero-order chi connectivity index (χ0) is 24.1. The topological polar surface area (TPSA) is 121 Å². The number of benzene rings is 3. The summed E-state index contributed by atoms with van der Waals surface area (Å²) in [5, 5.41) is 2.65. The Morgan fingerprint density at radius 2 is 1.42 bits per heavy atom. The molecular weight excluding hydrogens is 469 g/mol. The molecule has 0 heterocycles. The van der Waals surface area contributed by atoms with Crippen LogP contribution >= 0.6 is 0 Å². The summed E-state index contributed by atoms with van der Waals surface area (Å²) in [6.07, 6.45) is 0.489. The van der Waals surface area contributed by atoms with Crippen LogP contribution in [-0.2, 0) is 20.0 Å². The Morgan fingerprint density at radius 1 is 0.818 bits per heavy atom. The van der Waals surface area contributed by atoms with E-state index in [-0.39, 0.29) is 21.9 Å². The van der Waals surface area contributed by atoms with Crippen LogP contribution in [0, 0.1) is 5.82 Å². The van der Waals surface area contributed by atoms with Gasteiger partial charge in [0.1, 0.15) is 5.82 Å². The van der Waals surface area contributed by atoms with Crippen LogP contribution in [-0.4, -0.2) is 28.5 Å². The van der Waals surface area contributed by atoms with Gasteiger partial charge in [0.2, 0.25) is 10.0 Å². The van der Waals surface area contributed by atoms with Crippen molar-refractivity contribution in [2.45, 2.75) is 18.2 Å². The number of para-hydroxylation sites is 1. The van der Waals surface area contributed by atoms with Crippen molar-refractivity contribution in [1.82, 2.24) is 0 Å². The van der Waals surface area contributed by atoms with Crippen LogP contribution < -0.4 is 14.8 Å². The van der Waals surface area contributed by atoms with Gasteiger partial charge >= 0.3 is 0 Å². The fourth-order valence-corrected chi connectivity index (χ4v) is 5.06. The number of hydrogen-bond donors (Lipinski definition) is 3. The highest BCUT2D eigenvalue weighted by atomic mass is 32.2. The molecule has 0 saturated heterocycles. The molecule has 8 nitrogen and oxygen atoms in total. The molecule has 3 aromatic carbocycles. The van der Waals surface area contributed by atoms with Gasteiger partial charge in [-0.05, 0) is 67.1 Å². The molecule has 11 heteroatoms. The van der Waals surface area contributed by atoms with Crippen LogP contribution in [0.1, 0.15) is 23.7 Å². The summed E-state index contributed by atoms with van der Waals surface area (Å²) in [6.45, 7) is 1.76. The predicted octanol–water partition coefficient (Wildman–Crippen LogP) is 4.03. The van der Waals surface area contributed by atoms with E-state index in [0.29, 0.717) is 17.8 Å². The van der Waals surface area contributed by atoms with Crippen molar-refractivity contribution in [3.8, 4) is 0 Å². The molecule has 0 aliphatic heterocycles. The molecule has 0 aliphatic carbocycles. The summed E-state index contributed by atoms with van der Waals surface area (Å²) >= 11 is 0. The van der Waals surface area contributed by atoms with Crippen molar-refractivity contribution in [3.05, 3.63) is 84.2 Å². The minimum absolute atomic E-state index is 0.00696. The van der Waals surface area contributed by atoms with E-state index in [9.17, 15) is 26.0 Å². The summed E-state index contributed by atoms with van der Waals surface area (Å²) < 4.78 is 66.9. The Hall–Kier alpha value is -3.44. The SMILES string of the molecule is CCCS(=O)(=O)Nc1ccc(NC(=O)c2ccc(S(=O)(=O)Nc3ccccc3F)cc2)cc1. The quantitative estimate of drug-likeness (QED) is 0.417. The Morgan fingerprint density at radius 3 is 2.03 bits per heavy atom. The van der Waals surface area contributed by atoms with Gasteiger partial charge in [-0.2, -0.15) is 0 Å². The highest BCUT2D eigenvalue weighted by Crippen LogP contribution is 2.20. The first-order chi connectivity index (χ1) is 15.6. The van der Waals surface area contributed by atoms with Gasteiger partial charge in [-0.3, -0.25) is 14.2 Å². The molecule has 3 aromatic rings. The zero-order valence-electron chi connectivity index (χ0n) is 17.6. The number of anilines is 3. The molecule has 1 amide bonds. The first-order valence-corrected chi connectivity index (χ1v) is 13.0. The standard InChI is InChI=1S/C22H22FN3O5S2/c1-2-15-32(28,29)25-18-11-9-17(10-12-18)24-22(27)16-7-13-19(14-8-16)33(30,31)26-21-6-4-3-5-20(21)23/h3-14,25-26H,2,15H2,1H3,(H,24,27). The molecule has 3 rings (SSSR count). The molecule has 33 heavy (non-hydrogen) atoms. The lowest BCUT2D eigenvalue weighted by Gasteiger charge is -2.10. The van der Waals surface area contributed by atoms with Gasteiger partial charge in [-0.25, -0.2) is 21.2 Å². The smallest absolute Gasteiger partial charge is 0.261 e. The van der Waals surface area contributed by atoms with Crippen LogP contribution in [0.3, 0.4) is 0 Å². The minimum Gasteiger partial charge on any atom is -0.322 e. The van der Waals surface area contributed by atoms with Gasteiger partial charge in [-0.15, -0.1) is 0 Å². The van der Waals surface area contributed by atoms with Crippen molar-refractivity contribution < 1.29 is 26.0 Å². The Bertz CT molecular complexity index is 1340. The molecule has 0 spiro atoms. The van der Waals surface area contributed by atoms with Crippen LogP contribution in [0.25, 0.3) is 0 Å². The first kappa shape index (κ1) is 24.2. The third-order valence-corrected chi connectivity index (χ3v) is 7.31. The van der Waals surface area contributed by atoms with E-state index in [1.165, 1.54) is 54.6 Å². The number of sulfonamides is 2. The van der Waals surface area contributed by atoms with E-state index in [4.69, 9.17) is 0 Å². The molecule has 0 unspecified atom stereocenters. The van der Waals surface area contributed by atoms with Gasteiger partial charge in [0, 0.05) is 16.9 Å². The Kier molecular flexibility index (Phi) is 7.34. The molecule has 174 valence electrons. The second-order valence-electron chi connectivity index (χ2n) is 7.06. The van der Waals surface area contributed by atoms with Gasteiger partial charge in [0.05, 0.1) is 16.3 Å². The lowest BCUT2D eigenvalue weighted by Crippen LogP contribution is -2.16. The minimum atomic E-state index is -4.04. The first-order valence-electron chi connectivity index (χ1n) is 9.89. The highest BCUT2D eigenvalue weighted by molar-refractivity contribution is 7.93. The second kappa shape index (κ2) is 10.0. The Balaban J connectivity index is 1.66. The molecular formula is C22H22FN3O5S2. The van der Waals surface area contributed by atoms with E-state index in [0.717, 1.165) is 6.07 Å². The van der Waals surface area contributed by atoms with Crippen LogP contribution in [0.2, 0.25) is 0 Å². The second-order valence-corrected chi connectivity index (χ2v) is 10.6. The number of carbonyl (C=O) groups excluding carboxylic acids is 1. The molecule has 0 bridgehead atoms. The number of hydrogen-bond acceptors (Lipinski definition) is 5. The van der Waals surface area contributed by atoms with Crippen molar-refractivity contribution in [3.63, 3.8) is 0 Å². The number of nitrogens with one attached hydrogen (secondary N) is 3. The van der Waals surface area contributed by atoms with Crippen molar-refractivity contribution in [2.24, 2.45) is 0 Å². The fraction of sp³-hybridized carbons (Fsp3) is 0.136. The monoisotopic (exact) mass is 491 g/mol. The van der Waals surface area contributed by atoms with Crippen LogP contribution in [0.5, 0.6) is 0 Å². The summed E-state index contributed by atoms with van der Waals surface area (Å²) in [6, 6.07) is 16.6. The molecule has 0 radical (unpaired) electrons. The van der Waals surface area contributed by atoms with Gasteiger partial charge in [0.15, 0.2) is 0 Å². The average Bonchev–Trinajstić information content (AvgIpc) is 2.76. The summed E-state index contributed by atoms with van der Waals surface area (Å²) in [7, 11) is -7.45. The molecule has 0 atom stereocenters. The number of halogens is 1. The lowest BCUT2D eigenvalue weighted by atomic mass is 10.2. The van der Waals surface area contributed by atoms with Crippen molar-refractivity contribution >= 4 is 43.0 Å². The molecule has 0 fully saturated rings. The number of amides is 1. The van der Waals surface area contributed by atoms with Crippen molar-refractivity contribution in [1.29, 1.82) is 0 Å².